The Morgan fingerprint density at radius 1 is 1.04 bits per heavy atom. The second kappa shape index (κ2) is 7.52. The van der Waals surface area contributed by atoms with Gasteiger partial charge in [0.25, 0.3) is 5.91 Å². The van der Waals surface area contributed by atoms with Crippen molar-refractivity contribution in [2.24, 2.45) is 0 Å². The topological polar surface area (TPSA) is 80.3 Å². The van der Waals surface area contributed by atoms with Crippen LogP contribution >= 0.6 is 0 Å². The molecule has 1 unspecified atom stereocenters. The fraction of sp³-hybridized carbons (Fsp3) is 0.136. The van der Waals surface area contributed by atoms with E-state index in [1.54, 1.807) is 30.6 Å². The van der Waals surface area contributed by atoms with Gasteiger partial charge in [-0.25, -0.2) is 0 Å². The minimum Gasteiger partial charge on any atom is -0.497 e. The summed E-state index contributed by atoms with van der Waals surface area (Å²) in [5, 5.41) is 5.64. The third kappa shape index (κ3) is 3.57. The number of carbonyl (C=O) groups is 2. The first kappa shape index (κ1) is 17.7. The van der Waals surface area contributed by atoms with Crippen LogP contribution in [-0.2, 0) is 11.2 Å². The highest BCUT2D eigenvalue weighted by molar-refractivity contribution is 6.10. The zero-order chi connectivity index (χ0) is 19.5. The number of rotatable bonds is 4. The minimum absolute atomic E-state index is 0.242. The Bertz CT molecular complexity index is 1020. The molecule has 1 aliphatic heterocycles. The van der Waals surface area contributed by atoms with E-state index in [1.807, 2.05) is 36.4 Å². The van der Waals surface area contributed by atoms with Gasteiger partial charge in [0.2, 0.25) is 5.91 Å². The number of carbonyl (C=O) groups excluding carboxylic acids is 2. The molecule has 2 N–H and O–H groups in total. The van der Waals surface area contributed by atoms with Crippen molar-refractivity contribution in [2.45, 2.75) is 12.5 Å². The second-order valence-corrected chi connectivity index (χ2v) is 6.57. The van der Waals surface area contributed by atoms with Gasteiger partial charge in [-0.15, -0.1) is 0 Å². The van der Waals surface area contributed by atoms with E-state index in [9.17, 15) is 9.59 Å². The van der Waals surface area contributed by atoms with Crippen LogP contribution in [0.3, 0.4) is 0 Å². The lowest BCUT2D eigenvalue weighted by molar-refractivity contribution is -0.117. The SMILES string of the molecule is COc1ccc2c(c1)C(=O)NC(Cc1ccc(-c3cccnc3)cc1)C(=O)N2. The van der Waals surface area contributed by atoms with Crippen molar-refractivity contribution in [3.8, 4) is 16.9 Å². The van der Waals surface area contributed by atoms with Crippen LogP contribution in [0.2, 0.25) is 0 Å². The van der Waals surface area contributed by atoms with Gasteiger partial charge in [0.1, 0.15) is 11.8 Å². The number of ether oxygens (including phenoxy) is 1. The molecule has 6 heteroatoms. The van der Waals surface area contributed by atoms with E-state index in [2.05, 4.69) is 15.6 Å². The molecule has 0 saturated carbocycles. The molecule has 1 atom stereocenters. The van der Waals surface area contributed by atoms with Crippen LogP contribution in [0, 0.1) is 0 Å². The van der Waals surface area contributed by atoms with Gasteiger partial charge in [-0.3, -0.25) is 14.6 Å². The van der Waals surface area contributed by atoms with Crippen LogP contribution in [0.1, 0.15) is 15.9 Å². The maximum absolute atomic E-state index is 12.6. The van der Waals surface area contributed by atoms with E-state index in [-0.39, 0.29) is 11.8 Å². The number of pyridine rings is 1. The summed E-state index contributed by atoms with van der Waals surface area (Å²) in [6, 6.07) is 16.1. The molecule has 2 aromatic carbocycles. The molecule has 28 heavy (non-hydrogen) atoms. The number of nitrogens with one attached hydrogen (secondary N) is 2. The zero-order valence-electron chi connectivity index (χ0n) is 15.3. The van der Waals surface area contributed by atoms with Gasteiger partial charge in [0, 0.05) is 18.8 Å². The molecule has 0 spiro atoms. The van der Waals surface area contributed by atoms with Crippen LogP contribution in [0.5, 0.6) is 5.75 Å². The highest BCUT2D eigenvalue weighted by atomic mass is 16.5. The summed E-state index contributed by atoms with van der Waals surface area (Å²) in [5.74, 6) is 0.0189. The molecule has 0 bridgehead atoms. The van der Waals surface area contributed by atoms with Gasteiger partial charge in [-0.05, 0) is 41.0 Å². The van der Waals surface area contributed by atoms with E-state index in [0.717, 1.165) is 16.7 Å². The molecular weight excluding hydrogens is 354 g/mol. The molecule has 0 saturated heterocycles. The fourth-order valence-electron chi connectivity index (χ4n) is 3.21. The third-order valence-corrected chi connectivity index (χ3v) is 4.74. The molecule has 0 fully saturated rings. The van der Waals surface area contributed by atoms with E-state index < -0.39 is 6.04 Å². The maximum Gasteiger partial charge on any atom is 0.254 e. The summed E-state index contributed by atoms with van der Waals surface area (Å²) in [7, 11) is 1.53. The van der Waals surface area contributed by atoms with Gasteiger partial charge >= 0.3 is 0 Å². The van der Waals surface area contributed by atoms with Gasteiger partial charge in [-0.1, -0.05) is 30.3 Å². The van der Waals surface area contributed by atoms with Crippen molar-refractivity contribution in [1.82, 2.24) is 10.3 Å². The Hall–Kier alpha value is -3.67. The normalized spacial score (nSPS) is 15.8. The lowest BCUT2D eigenvalue weighted by Crippen LogP contribution is -2.42. The average molecular weight is 373 g/mol. The molecule has 1 aliphatic rings. The predicted octanol–water partition coefficient (Wildman–Crippen LogP) is 3.05. The number of hydrogen-bond donors (Lipinski definition) is 2. The Morgan fingerprint density at radius 3 is 2.57 bits per heavy atom. The number of anilines is 1. The molecule has 2 amide bonds. The molecule has 2 heterocycles. The Morgan fingerprint density at radius 2 is 1.86 bits per heavy atom. The largest absolute Gasteiger partial charge is 0.497 e. The monoisotopic (exact) mass is 373 g/mol. The lowest BCUT2D eigenvalue weighted by Gasteiger charge is -2.15. The van der Waals surface area contributed by atoms with Crippen LogP contribution < -0.4 is 15.4 Å². The molecule has 0 aliphatic carbocycles. The number of nitrogens with zero attached hydrogens (tertiary/aromatic N) is 1. The van der Waals surface area contributed by atoms with Gasteiger partial charge < -0.3 is 15.4 Å². The molecular formula is C22H19N3O3. The number of amides is 2. The second-order valence-electron chi connectivity index (χ2n) is 6.57. The Kier molecular flexibility index (Phi) is 4.76. The number of aromatic nitrogens is 1. The van der Waals surface area contributed by atoms with Crippen molar-refractivity contribution < 1.29 is 14.3 Å². The van der Waals surface area contributed by atoms with Crippen molar-refractivity contribution >= 4 is 17.5 Å². The quantitative estimate of drug-likeness (QED) is 0.737. The highest BCUT2D eigenvalue weighted by Gasteiger charge is 2.28. The van der Waals surface area contributed by atoms with Crippen LogP contribution in [-0.4, -0.2) is 29.9 Å². The Labute approximate surface area is 162 Å². The number of methoxy groups -OCH3 is 1. The van der Waals surface area contributed by atoms with Gasteiger partial charge in [0.05, 0.1) is 18.4 Å². The average Bonchev–Trinajstić information content (AvgIpc) is 2.85. The van der Waals surface area contributed by atoms with Crippen molar-refractivity contribution in [2.75, 3.05) is 12.4 Å². The first-order valence-corrected chi connectivity index (χ1v) is 8.93. The molecule has 140 valence electrons. The first-order chi connectivity index (χ1) is 13.6. The number of fused-ring (bicyclic) bond motifs is 1. The van der Waals surface area contributed by atoms with Gasteiger partial charge in [-0.2, -0.15) is 0 Å². The molecule has 1 aromatic heterocycles. The zero-order valence-corrected chi connectivity index (χ0v) is 15.3. The highest BCUT2D eigenvalue weighted by Crippen LogP contribution is 2.25. The van der Waals surface area contributed by atoms with Crippen molar-refractivity contribution in [1.29, 1.82) is 0 Å². The van der Waals surface area contributed by atoms with Crippen molar-refractivity contribution in [3.05, 3.63) is 78.1 Å². The fourth-order valence-corrected chi connectivity index (χ4v) is 3.21. The van der Waals surface area contributed by atoms with Crippen LogP contribution in [0.4, 0.5) is 5.69 Å². The summed E-state index contributed by atoms with van der Waals surface area (Å²) in [6.45, 7) is 0. The Balaban J connectivity index is 1.52. The summed E-state index contributed by atoms with van der Waals surface area (Å²) in [6.07, 6.45) is 3.94. The molecule has 4 rings (SSSR count). The summed E-state index contributed by atoms with van der Waals surface area (Å²) >= 11 is 0. The van der Waals surface area contributed by atoms with E-state index in [1.165, 1.54) is 7.11 Å². The van der Waals surface area contributed by atoms with Gasteiger partial charge in [0.15, 0.2) is 0 Å². The molecule has 3 aromatic rings. The number of hydrogen-bond acceptors (Lipinski definition) is 4. The van der Waals surface area contributed by atoms with E-state index in [4.69, 9.17) is 4.74 Å². The summed E-state index contributed by atoms with van der Waals surface area (Å²) in [5.41, 5.74) is 3.90. The number of benzene rings is 2. The minimum atomic E-state index is -0.657. The standard InChI is InChI=1S/C22H19N3O3/c1-28-17-8-9-19-18(12-17)21(26)25-20(22(27)24-19)11-14-4-6-15(7-5-14)16-3-2-10-23-13-16/h2-10,12-13,20H,11H2,1H3,(H,24,27)(H,25,26). The van der Waals surface area contributed by atoms with Crippen LogP contribution in [0.25, 0.3) is 11.1 Å². The summed E-state index contributed by atoms with van der Waals surface area (Å²) < 4.78 is 5.17. The lowest BCUT2D eigenvalue weighted by atomic mass is 10.0. The van der Waals surface area contributed by atoms with E-state index >= 15 is 0 Å². The smallest absolute Gasteiger partial charge is 0.254 e. The molecule has 6 nitrogen and oxygen atoms in total. The maximum atomic E-state index is 12.6. The predicted molar refractivity (Wildman–Crippen MR) is 106 cm³/mol. The third-order valence-electron chi connectivity index (χ3n) is 4.74. The van der Waals surface area contributed by atoms with Crippen LogP contribution in [0.15, 0.2) is 67.0 Å². The summed E-state index contributed by atoms with van der Waals surface area (Å²) in [4.78, 5) is 29.3. The van der Waals surface area contributed by atoms with E-state index in [0.29, 0.717) is 23.4 Å². The first-order valence-electron chi connectivity index (χ1n) is 8.93. The molecule has 0 radical (unpaired) electrons. The van der Waals surface area contributed by atoms with Crippen molar-refractivity contribution in [3.63, 3.8) is 0 Å².